The Bertz CT molecular complexity index is 213. The molecule has 1 rings (SSSR count). The molecule has 1 aliphatic carbocycles. The van der Waals surface area contributed by atoms with Gasteiger partial charge in [0.25, 0.3) is 0 Å². The molecule has 0 aromatic carbocycles. The lowest BCUT2D eigenvalue weighted by Gasteiger charge is -2.29. The first-order chi connectivity index (χ1) is 8.26. The number of rotatable bonds is 7. The average Bonchev–Trinajstić information content (AvgIpc) is 2.37. The van der Waals surface area contributed by atoms with Gasteiger partial charge in [-0.1, -0.05) is 6.92 Å². The molecule has 4 nitrogen and oxygen atoms in total. The van der Waals surface area contributed by atoms with Crippen molar-refractivity contribution in [2.45, 2.75) is 57.6 Å². The smallest absolute Gasteiger partial charge is 0.222 e. The van der Waals surface area contributed by atoms with Crippen LogP contribution in [0.5, 0.6) is 0 Å². The van der Waals surface area contributed by atoms with Gasteiger partial charge in [0, 0.05) is 19.5 Å². The summed E-state index contributed by atoms with van der Waals surface area (Å²) < 4.78 is 5.72. The van der Waals surface area contributed by atoms with Gasteiger partial charge in [0.1, 0.15) is 0 Å². The van der Waals surface area contributed by atoms with Crippen LogP contribution in [0, 0.1) is 0 Å². The molecule has 1 amide bonds. The Kier molecular flexibility index (Phi) is 7.21. The van der Waals surface area contributed by atoms with E-state index in [1.807, 2.05) is 0 Å². The summed E-state index contributed by atoms with van der Waals surface area (Å²) in [7, 11) is 1.66. The highest BCUT2D eigenvalue weighted by Gasteiger charge is 2.20. The van der Waals surface area contributed by atoms with Gasteiger partial charge < -0.3 is 15.4 Å². The Morgan fingerprint density at radius 2 is 2.00 bits per heavy atom. The van der Waals surface area contributed by atoms with Gasteiger partial charge in [-0.25, -0.2) is 0 Å². The van der Waals surface area contributed by atoms with Crippen LogP contribution in [0.3, 0.4) is 0 Å². The van der Waals surface area contributed by atoms with Crippen molar-refractivity contribution in [3.8, 4) is 0 Å². The molecule has 0 atom stereocenters. The molecule has 17 heavy (non-hydrogen) atoms. The van der Waals surface area contributed by atoms with Crippen LogP contribution >= 0.6 is 0 Å². The maximum Gasteiger partial charge on any atom is 0.222 e. The van der Waals surface area contributed by atoms with E-state index < -0.39 is 0 Å². The number of carbonyl (C=O) groups excluding carboxylic acids is 1. The number of hydrogen-bond acceptors (Lipinski definition) is 3. The fraction of sp³-hybridized carbons (Fsp3) is 0.923. The van der Waals surface area contributed by atoms with Gasteiger partial charge in [-0.3, -0.25) is 4.79 Å². The molecule has 0 saturated heterocycles. The van der Waals surface area contributed by atoms with Gasteiger partial charge in [-0.15, -0.1) is 0 Å². The minimum Gasteiger partial charge on any atom is -0.378 e. The van der Waals surface area contributed by atoms with Crippen molar-refractivity contribution in [2.75, 3.05) is 20.2 Å². The van der Waals surface area contributed by atoms with Crippen LogP contribution in [-0.2, 0) is 9.53 Å². The zero-order valence-corrected chi connectivity index (χ0v) is 11.1. The molecule has 0 spiro atoms. The van der Waals surface area contributed by atoms with Crippen LogP contribution < -0.4 is 10.6 Å². The third-order valence-electron chi connectivity index (χ3n) is 3.32. The fourth-order valence-corrected chi connectivity index (χ4v) is 2.23. The van der Waals surface area contributed by atoms with Gasteiger partial charge in [-0.05, 0) is 38.6 Å². The Morgan fingerprint density at radius 3 is 2.59 bits per heavy atom. The molecule has 1 fully saturated rings. The third kappa shape index (κ3) is 6.03. The van der Waals surface area contributed by atoms with E-state index in [0.717, 1.165) is 19.4 Å². The molecule has 0 aromatic rings. The van der Waals surface area contributed by atoms with Crippen molar-refractivity contribution in [3.63, 3.8) is 0 Å². The third-order valence-corrected chi connectivity index (χ3v) is 3.32. The molecule has 0 radical (unpaired) electrons. The minimum atomic E-state index is 0.0586. The zero-order valence-electron chi connectivity index (χ0n) is 11.1. The number of amides is 1. The molecule has 1 aliphatic rings. The van der Waals surface area contributed by atoms with Gasteiger partial charge in [0.2, 0.25) is 5.91 Å². The summed E-state index contributed by atoms with van der Waals surface area (Å²) in [6.45, 7) is 3.87. The van der Waals surface area contributed by atoms with Crippen molar-refractivity contribution in [1.82, 2.24) is 10.6 Å². The van der Waals surface area contributed by atoms with E-state index in [9.17, 15) is 4.79 Å². The maximum absolute atomic E-state index is 11.0. The molecular weight excluding hydrogens is 216 g/mol. The molecule has 0 heterocycles. The van der Waals surface area contributed by atoms with Crippen molar-refractivity contribution in [1.29, 1.82) is 0 Å². The van der Waals surface area contributed by atoms with E-state index in [4.69, 9.17) is 4.74 Å². The summed E-state index contributed by atoms with van der Waals surface area (Å²) >= 11 is 0. The van der Waals surface area contributed by atoms with Gasteiger partial charge in [-0.2, -0.15) is 0 Å². The van der Waals surface area contributed by atoms with Crippen molar-refractivity contribution >= 4 is 5.91 Å². The maximum atomic E-state index is 11.0. The number of carbonyl (C=O) groups is 1. The quantitative estimate of drug-likeness (QED) is 0.710. The van der Waals surface area contributed by atoms with Crippen LogP contribution in [0.1, 0.15) is 45.4 Å². The SMILES string of the molecule is CCCNC1CCC(OCCC(=O)NC)CC1. The summed E-state index contributed by atoms with van der Waals surface area (Å²) in [6, 6.07) is 0.675. The second kappa shape index (κ2) is 8.48. The van der Waals surface area contributed by atoms with E-state index in [0.29, 0.717) is 25.2 Å². The summed E-state index contributed by atoms with van der Waals surface area (Å²) in [5.74, 6) is 0.0586. The Hall–Kier alpha value is -0.610. The number of hydrogen-bond donors (Lipinski definition) is 2. The molecule has 0 aromatic heterocycles. The lowest BCUT2D eigenvalue weighted by atomic mass is 9.93. The van der Waals surface area contributed by atoms with E-state index >= 15 is 0 Å². The van der Waals surface area contributed by atoms with E-state index in [-0.39, 0.29) is 5.91 Å². The van der Waals surface area contributed by atoms with Crippen molar-refractivity contribution < 1.29 is 9.53 Å². The fourth-order valence-electron chi connectivity index (χ4n) is 2.23. The molecule has 0 aliphatic heterocycles. The highest BCUT2D eigenvalue weighted by Crippen LogP contribution is 2.21. The molecule has 4 heteroatoms. The summed E-state index contributed by atoms with van der Waals surface area (Å²) in [4.78, 5) is 11.0. The number of ether oxygens (including phenoxy) is 1. The highest BCUT2D eigenvalue weighted by molar-refractivity contribution is 5.75. The highest BCUT2D eigenvalue weighted by atomic mass is 16.5. The molecule has 1 saturated carbocycles. The number of nitrogens with one attached hydrogen (secondary N) is 2. The normalized spacial score (nSPS) is 24.6. The van der Waals surface area contributed by atoms with Crippen molar-refractivity contribution in [3.05, 3.63) is 0 Å². The second-order valence-electron chi connectivity index (χ2n) is 4.72. The van der Waals surface area contributed by atoms with Gasteiger partial charge in [0.05, 0.1) is 12.7 Å². The standard InChI is InChI=1S/C13H26N2O2/c1-3-9-15-11-4-6-12(7-5-11)17-10-8-13(16)14-2/h11-12,15H,3-10H2,1-2H3,(H,14,16). The average molecular weight is 242 g/mol. The van der Waals surface area contributed by atoms with Crippen LogP contribution in [0.4, 0.5) is 0 Å². The topological polar surface area (TPSA) is 50.4 Å². The van der Waals surface area contributed by atoms with E-state index in [1.54, 1.807) is 7.05 Å². The first-order valence-electron chi connectivity index (χ1n) is 6.81. The molecule has 0 bridgehead atoms. The Balaban J connectivity index is 2.04. The zero-order chi connectivity index (χ0) is 12.5. The van der Waals surface area contributed by atoms with Crippen LogP contribution in [-0.4, -0.2) is 38.3 Å². The Labute approximate surface area is 104 Å². The monoisotopic (exact) mass is 242 g/mol. The predicted molar refractivity (Wildman–Crippen MR) is 69.0 cm³/mol. The van der Waals surface area contributed by atoms with Crippen LogP contribution in [0.2, 0.25) is 0 Å². The second-order valence-corrected chi connectivity index (χ2v) is 4.72. The molecule has 0 unspecified atom stereocenters. The van der Waals surface area contributed by atoms with Crippen molar-refractivity contribution in [2.24, 2.45) is 0 Å². The first-order valence-corrected chi connectivity index (χ1v) is 6.81. The van der Waals surface area contributed by atoms with Crippen LogP contribution in [0.15, 0.2) is 0 Å². The minimum absolute atomic E-state index is 0.0586. The van der Waals surface area contributed by atoms with Crippen LogP contribution in [0.25, 0.3) is 0 Å². The van der Waals surface area contributed by atoms with Gasteiger partial charge >= 0.3 is 0 Å². The molecule has 2 N–H and O–H groups in total. The lowest BCUT2D eigenvalue weighted by molar-refractivity contribution is -0.122. The lowest BCUT2D eigenvalue weighted by Crippen LogP contribution is -2.36. The van der Waals surface area contributed by atoms with E-state index in [2.05, 4.69) is 17.6 Å². The van der Waals surface area contributed by atoms with Gasteiger partial charge in [0.15, 0.2) is 0 Å². The predicted octanol–water partition coefficient (Wildman–Crippen LogP) is 1.45. The summed E-state index contributed by atoms with van der Waals surface area (Å²) in [5, 5.41) is 6.16. The van der Waals surface area contributed by atoms with E-state index in [1.165, 1.54) is 19.3 Å². The molecular formula is C13H26N2O2. The largest absolute Gasteiger partial charge is 0.378 e. The first kappa shape index (κ1) is 14.5. The summed E-state index contributed by atoms with van der Waals surface area (Å²) in [5.41, 5.74) is 0. The molecule has 100 valence electrons. The Morgan fingerprint density at radius 1 is 1.29 bits per heavy atom. The summed E-state index contributed by atoms with van der Waals surface area (Å²) in [6.07, 6.45) is 6.67.